The molecule has 4 heterocycles. The minimum atomic E-state index is -1.38. The van der Waals surface area contributed by atoms with Crippen molar-refractivity contribution < 1.29 is 29.5 Å². The van der Waals surface area contributed by atoms with E-state index in [9.17, 15) is 10.2 Å². The van der Waals surface area contributed by atoms with E-state index in [-0.39, 0.29) is 11.8 Å². The maximum Gasteiger partial charge on any atom is 0.201 e. The Morgan fingerprint density at radius 3 is 2.62 bits per heavy atom. The molecule has 5 aliphatic rings. The molecule has 0 radical (unpaired) electrons. The van der Waals surface area contributed by atoms with E-state index in [0.29, 0.717) is 12.3 Å². The third-order valence-electron chi connectivity index (χ3n) is 6.18. The van der Waals surface area contributed by atoms with Crippen LogP contribution in [0.1, 0.15) is 46.5 Å². The van der Waals surface area contributed by atoms with Gasteiger partial charge in [-0.2, -0.15) is 0 Å². The summed E-state index contributed by atoms with van der Waals surface area (Å²) in [6.07, 6.45) is 1.39. The predicted octanol–water partition coefficient (Wildman–Crippen LogP) is 1.30. The Kier molecular flexibility index (Phi) is 2.86. The number of aliphatic hydroxyl groups excluding tert-OH is 1. The number of hydrogen-bond donors (Lipinski definition) is 2. The van der Waals surface area contributed by atoms with Crippen LogP contribution in [-0.4, -0.2) is 39.8 Å². The molecule has 120 valence electrons. The van der Waals surface area contributed by atoms with Crippen molar-refractivity contribution in [1.82, 2.24) is 0 Å². The molecule has 0 unspecified atom stereocenters. The lowest BCUT2D eigenvalue weighted by atomic mass is 9.57. The molecule has 0 aromatic heterocycles. The Labute approximate surface area is 124 Å². The van der Waals surface area contributed by atoms with Gasteiger partial charge in [-0.05, 0) is 44.9 Å². The van der Waals surface area contributed by atoms with Gasteiger partial charge in [-0.3, -0.25) is 0 Å². The zero-order valence-electron chi connectivity index (χ0n) is 12.7. The van der Waals surface area contributed by atoms with Gasteiger partial charge in [0.1, 0.15) is 5.60 Å². The third kappa shape index (κ3) is 1.69. The van der Waals surface area contributed by atoms with Crippen LogP contribution in [0.25, 0.3) is 0 Å². The minimum Gasteiger partial charge on any atom is -0.384 e. The molecule has 5 rings (SSSR count). The molecule has 0 aromatic rings. The van der Waals surface area contributed by atoms with Crippen LogP contribution in [0.15, 0.2) is 0 Å². The first-order valence-corrected chi connectivity index (χ1v) is 7.90. The van der Waals surface area contributed by atoms with Crippen molar-refractivity contribution in [3.8, 4) is 0 Å². The van der Waals surface area contributed by atoms with Gasteiger partial charge in [0.2, 0.25) is 5.79 Å². The number of rotatable bonds is 0. The fraction of sp³-hybridized carbons (Fsp3) is 1.00. The van der Waals surface area contributed by atoms with Crippen LogP contribution in [0, 0.1) is 17.8 Å². The van der Waals surface area contributed by atoms with Gasteiger partial charge in [-0.1, -0.05) is 6.92 Å². The number of fused-ring (bicyclic) bond motifs is 2. The maximum absolute atomic E-state index is 10.8. The molecule has 8 atom stereocenters. The summed E-state index contributed by atoms with van der Waals surface area (Å²) < 4.78 is 11.6. The maximum atomic E-state index is 10.8. The van der Waals surface area contributed by atoms with Gasteiger partial charge in [0, 0.05) is 12.3 Å². The van der Waals surface area contributed by atoms with E-state index < -0.39 is 29.6 Å². The average molecular weight is 300 g/mol. The van der Waals surface area contributed by atoms with Crippen molar-refractivity contribution in [2.75, 3.05) is 0 Å². The second-order valence-corrected chi connectivity index (χ2v) is 7.57. The highest BCUT2D eigenvalue weighted by Crippen LogP contribution is 2.61. The number of hydrogen-bond acceptors (Lipinski definition) is 6. The zero-order valence-corrected chi connectivity index (χ0v) is 12.7. The van der Waals surface area contributed by atoms with Gasteiger partial charge in [0.05, 0.1) is 0 Å². The second kappa shape index (κ2) is 4.19. The Bertz CT molecular complexity index is 453. The second-order valence-electron chi connectivity index (χ2n) is 7.57. The topological polar surface area (TPSA) is 77.4 Å². The molecule has 2 N–H and O–H groups in total. The van der Waals surface area contributed by atoms with Crippen molar-refractivity contribution in [3.63, 3.8) is 0 Å². The van der Waals surface area contributed by atoms with E-state index >= 15 is 0 Å². The Morgan fingerprint density at radius 2 is 1.86 bits per heavy atom. The average Bonchev–Trinajstić information content (AvgIpc) is 2.63. The molecule has 1 saturated carbocycles. The van der Waals surface area contributed by atoms with E-state index in [1.165, 1.54) is 0 Å². The summed E-state index contributed by atoms with van der Waals surface area (Å²) in [5, 5.41) is 21.0. The molecule has 21 heavy (non-hydrogen) atoms. The van der Waals surface area contributed by atoms with Crippen LogP contribution < -0.4 is 0 Å². The lowest BCUT2D eigenvalue weighted by Crippen LogP contribution is -2.75. The Morgan fingerprint density at radius 1 is 1.10 bits per heavy atom. The smallest absolute Gasteiger partial charge is 0.201 e. The van der Waals surface area contributed by atoms with Gasteiger partial charge < -0.3 is 19.7 Å². The summed E-state index contributed by atoms with van der Waals surface area (Å²) in [6, 6.07) is 0. The summed E-state index contributed by atoms with van der Waals surface area (Å²) in [7, 11) is 0. The predicted molar refractivity (Wildman–Crippen MR) is 70.5 cm³/mol. The van der Waals surface area contributed by atoms with Crippen molar-refractivity contribution in [2.45, 2.75) is 76.0 Å². The molecule has 6 nitrogen and oxygen atoms in total. The normalized spacial score (nSPS) is 63.0. The Hall–Kier alpha value is -0.240. The van der Waals surface area contributed by atoms with Crippen LogP contribution in [0.2, 0.25) is 0 Å². The van der Waals surface area contributed by atoms with Crippen molar-refractivity contribution >= 4 is 0 Å². The molecule has 4 saturated heterocycles. The first kappa shape index (κ1) is 14.4. The minimum absolute atomic E-state index is 0.185. The van der Waals surface area contributed by atoms with Crippen LogP contribution in [0.3, 0.4) is 0 Å². The number of ether oxygens (including phenoxy) is 2. The molecular formula is C15H24O6. The van der Waals surface area contributed by atoms with Crippen LogP contribution in [0.4, 0.5) is 0 Å². The van der Waals surface area contributed by atoms with Crippen LogP contribution >= 0.6 is 0 Å². The highest BCUT2D eigenvalue weighted by molar-refractivity contribution is 5.13. The molecule has 1 aliphatic carbocycles. The van der Waals surface area contributed by atoms with Crippen molar-refractivity contribution in [1.29, 1.82) is 0 Å². The molecule has 4 aliphatic heterocycles. The summed E-state index contributed by atoms with van der Waals surface area (Å²) >= 11 is 0. The zero-order chi connectivity index (χ0) is 15.0. The molecule has 1 spiro atoms. The van der Waals surface area contributed by atoms with Crippen molar-refractivity contribution in [2.24, 2.45) is 17.8 Å². The molecule has 2 bridgehead atoms. The monoisotopic (exact) mass is 300 g/mol. The van der Waals surface area contributed by atoms with E-state index in [1.54, 1.807) is 6.92 Å². The summed E-state index contributed by atoms with van der Waals surface area (Å²) in [4.78, 5) is 11.5. The van der Waals surface area contributed by atoms with E-state index in [0.717, 1.165) is 19.3 Å². The Balaban J connectivity index is 1.85. The highest BCUT2D eigenvalue weighted by atomic mass is 17.3. The van der Waals surface area contributed by atoms with Gasteiger partial charge in [-0.25, -0.2) is 9.78 Å². The first-order valence-electron chi connectivity index (χ1n) is 7.90. The fourth-order valence-corrected chi connectivity index (χ4v) is 4.89. The number of aliphatic hydroxyl groups is 2. The quantitative estimate of drug-likeness (QED) is 0.657. The van der Waals surface area contributed by atoms with Gasteiger partial charge in [0.25, 0.3) is 0 Å². The molecule has 0 amide bonds. The summed E-state index contributed by atoms with van der Waals surface area (Å²) in [5.41, 5.74) is -2.21. The highest BCUT2D eigenvalue weighted by Gasteiger charge is 2.72. The lowest BCUT2D eigenvalue weighted by Gasteiger charge is -2.61. The van der Waals surface area contributed by atoms with E-state index in [1.807, 2.05) is 6.92 Å². The molecule has 6 heteroatoms. The summed E-state index contributed by atoms with van der Waals surface area (Å²) in [5.74, 6) is -0.501. The summed E-state index contributed by atoms with van der Waals surface area (Å²) in [6.45, 7) is 5.65. The standard InChI is InChI=1S/C15H24O6/c1-8-4-5-10-14(3,17)11(16)18-12-15(10)9(8)6-7-13(2,19-12)20-21-15/h8-12,16-17H,4-7H2,1-3H3/t8-,9+,10+,11-,12-,13-,14+,15-/m1/s1. The molecule has 0 aromatic carbocycles. The molecular weight excluding hydrogens is 276 g/mol. The van der Waals surface area contributed by atoms with Gasteiger partial charge in [-0.15, -0.1) is 0 Å². The largest absolute Gasteiger partial charge is 0.384 e. The van der Waals surface area contributed by atoms with Crippen LogP contribution in [0.5, 0.6) is 0 Å². The first-order chi connectivity index (χ1) is 9.80. The van der Waals surface area contributed by atoms with Gasteiger partial charge in [0.15, 0.2) is 18.2 Å². The third-order valence-corrected chi connectivity index (χ3v) is 6.18. The van der Waals surface area contributed by atoms with E-state index in [4.69, 9.17) is 19.2 Å². The van der Waals surface area contributed by atoms with Crippen molar-refractivity contribution in [3.05, 3.63) is 0 Å². The molecule has 5 fully saturated rings. The van der Waals surface area contributed by atoms with E-state index in [2.05, 4.69) is 6.92 Å². The SMILES string of the molecule is C[C@@H]1CC[C@H]2[C@](C)(O)[C@H](O)O[C@@H]3O[C@@]4(C)CC[C@@H]1[C@]32OO4. The fourth-order valence-electron chi connectivity index (χ4n) is 4.89. The van der Waals surface area contributed by atoms with Crippen LogP contribution in [-0.2, 0) is 19.2 Å². The van der Waals surface area contributed by atoms with Gasteiger partial charge >= 0.3 is 0 Å². The lowest BCUT2D eigenvalue weighted by molar-refractivity contribution is -0.583.